The number of ether oxygens (including phenoxy) is 1. The van der Waals surface area contributed by atoms with Gasteiger partial charge >= 0.3 is 0 Å². The molecule has 0 aliphatic carbocycles. The molecule has 0 radical (unpaired) electrons. The molecule has 1 aromatic carbocycles. The van der Waals surface area contributed by atoms with Gasteiger partial charge in [-0.3, -0.25) is 9.59 Å². The summed E-state index contributed by atoms with van der Waals surface area (Å²) in [7, 11) is 0. The van der Waals surface area contributed by atoms with Gasteiger partial charge in [0.2, 0.25) is 0 Å². The lowest BCUT2D eigenvalue weighted by Crippen LogP contribution is -2.19. The van der Waals surface area contributed by atoms with Gasteiger partial charge in [0.05, 0.1) is 23.6 Å². The van der Waals surface area contributed by atoms with E-state index in [4.69, 9.17) is 16.3 Å². The van der Waals surface area contributed by atoms with Gasteiger partial charge in [-0.05, 0) is 26.0 Å². The molecule has 0 aliphatic heterocycles. The summed E-state index contributed by atoms with van der Waals surface area (Å²) in [6.45, 7) is 3.45. The zero-order valence-electron chi connectivity index (χ0n) is 10.2. The van der Waals surface area contributed by atoms with Crippen molar-refractivity contribution < 1.29 is 14.3 Å². The molecular weight excluding hydrogens is 254 g/mol. The Morgan fingerprint density at radius 1 is 1.39 bits per heavy atom. The lowest BCUT2D eigenvalue weighted by molar-refractivity contribution is -0.119. The summed E-state index contributed by atoms with van der Waals surface area (Å²) in [6.07, 6.45) is 1.16. The first kappa shape index (κ1) is 14.3. The minimum Gasteiger partial charge on any atom is -0.501 e. The smallest absolute Gasteiger partial charge is 0.262 e. The summed E-state index contributed by atoms with van der Waals surface area (Å²) in [5.41, 5.74) is 0.407. The normalized spacial score (nSPS) is 10.9. The maximum Gasteiger partial charge on any atom is 0.262 e. The van der Waals surface area contributed by atoms with Crippen LogP contribution in [0.5, 0.6) is 0 Å². The molecule has 4 nitrogen and oxygen atoms in total. The molecule has 0 fully saturated rings. The molecule has 96 valence electrons. The van der Waals surface area contributed by atoms with Gasteiger partial charge < -0.3 is 10.1 Å². The second kappa shape index (κ2) is 6.81. The number of rotatable bonds is 5. The van der Waals surface area contributed by atoms with Crippen molar-refractivity contribution >= 4 is 29.0 Å². The van der Waals surface area contributed by atoms with Gasteiger partial charge in [-0.15, -0.1) is 0 Å². The molecule has 0 heterocycles. The van der Waals surface area contributed by atoms with Crippen molar-refractivity contribution in [1.82, 2.24) is 0 Å². The summed E-state index contributed by atoms with van der Waals surface area (Å²) >= 11 is 5.91. The lowest BCUT2D eigenvalue weighted by Gasteiger charge is -2.08. The number of nitrogens with one attached hydrogen (secondary N) is 1. The van der Waals surface area contributed by atoms with Crippen LogP contribution in [0.2, 0.25) is 5.02 Å². The van der Waals surface area contributed by atoms with Crippen LogP contribution in [0.15, 0.2) is 36.1 Å². The Kier molecular flexibility index (Phi) is 5.39. The predicted molar refractivity (Wildman–Crippen MR) is 70.5 cm³/mol. The fourth-order valence-electron chi connectivity index (χ4n) is 1.22. The van der Waals surface area contributed by atoms with Crippen LogP contribution in [0.4, 0.5) is 5.69 Å². The van der Waals surface area contributed by atoms with Crippen LogP contribution in [0.3, 0.4) is 0 Å². The summed E-state index contributed by atoms with van der Waals surface area (Å²) in [6, 6.07) is 6.79. The van der Waals surface area contributed by atoms with E-state index in [9.17, 15) is 9.59 Å². The van der Waals surface area contributed by atoms with E-state index in [1.54, 1.807) is 31.2 Å². The van der Waals surface area contributed by atoms with Crippen molar-refractivity contribution in [1.29, 1.82) is 0 Å². The maximum atomic E-state index is 11.9. The SMILES string of the molecule is CCOC=C(C(C)=O)C(=O)Nc1ccccc1Cl. The molecule has 1 N–H and O–H groups in total. The number of halogens is 1. The second-order valence-corrected chi connectivity index (χ2v) is 3.88. The largest absolute Gasteiger partial charge is 0.501 e. The fourth-order valence-corrected chi connectivity index (χ4v) is 1.40. The van der Waals surface area contributed by atoms with E-state index < -0.39 is 5.91 Å². The Morgan fingerprint density at radius 3 is 2.61 bits per heavy atom. The molecule has 1 aromatic rings. The topological polar surface area (TPSA) is 55.4 Å². The first-order valence-corrected chi connectivity index (χ1v) is 5.82. The van der Waals surface area contributed by atoms with Gasteiger partial charge in [0.15, 0.2) is 5.78 Å². The van der Waals surface area contributed by atoms with Gasteiger partial charge in [-0.25, -0.2) is 0 Å². The third-order valence-electron chi connectivity index (χ3n) is 2.11. The highest BCUT2D eigenvalue weighted by Gasteiger charge is 2.16. The molecule has 18 heavy (non-hydrogen) atoms. The molecular formula is C13H14ClNO3. The van der Waals surface area contributed by atoms with Crippen molar-refractivity contribution in [3.63, 3.8) is 0 Å². The zero-order chi connectivity index (χ0) is 13.5. The Hall–Kier alpha value is -1.81. The first-order chi connectivity index (χ1) is 8.56. The number of ketones is 1. The summed E-state index contributed by atoms with van der Waals surface area (Å²) in [5.74, 6) is -0.906. The van der Waals surface area contributed by atoms with E-state index in [0.717, 1.165) is 6.26 Å². The molecule has 0 saturated carbocycles. The molecule has 5 heteroatoms. The molecule has 0 spiro atoms. The lowest BCUT2D eigenvalue weighted by atomic mass is 10.2. The standard InChI is InChI=1S/C13H14ClNO3/c1-3-18-8-10(9(2)16)13(17)15-12-7-5-4-6-11(12)14/h4-8H,3H2,1-2H3,(H,15,17). The molecule has 0 bridgehead atoms. The molecule has 0 aromatic heterocycles. The second-order valence-electron chi connectivity index (χ2n) is 3.48. The van der Waals surface area contributed by atoms with Crippen molar-refractivity contribution in [2.75, 3.05) is 11.9 Å². The number of anilines is 1. The number of hydrogen-bond donors (Lipinski definition) is 1. The van der Waals surface area contributed by atoms with E-state index >= 15 is 0 Å². The van der Waals surface area contributed by atoms with Gasteiger partial charge in [-0.2, -0.15) is 0 Å². The molecule has 0 aliphatic rings. The van der Waals surface area contributed by atoms with E-state index in [1.807, 2.05) is 0 Å². The third-order valence-corrected chi connectivity index (χ3v) is 2.44. The fraction of sp³-hybridized carbons (Fsp3) is 0.231. The van der Waals surface area contributed by atoms with E-state index in [0.29, 0.717) is 17.3 Å². The van der Waals surface area contributed by atoms with Gasteiger partial charge in [0.25, 0.3) is 5.91 Å². The minimum absolute atomic E-state index is 0.0447. The first-order valence-electron chi connectivity index (χ1n) is 5.44. The number of benzene rings is 1. The highest BCUT2D eigenvalue weighted by molar-refractivity contribution is 6.34. The number of hydrogen-bond acceptors (Lipinski definition) is 3. The molecule has 0 atom stereocenters. The number of para-hydroxylation sites is 1. The average Bonchev–Trinajstić information content (AvgIpc) is 2.32. The summed E-state index contributed by atoms with van der Waals surface area (Å²) in [4.78, 5) is 23.2. The van der Waals surface area contributed by atoms with Crippen molar-refractivity contribution in [2.45, 2.75) is 13.8 Å². The Labute approximate surface area is 111 Å². The summed E-state index contributed by atoms with van der Waals surface area (Å²) < 4.78 is 4.97. The highest BCUT2D eigenvalue weighted by Crippen LogP contribution is 2.21. The number of Topliss-reactive ketones (excluding diaryl/α,β-unsaturated/α-hetero) is 1. The Balaban J connectivity index is 2.86. The zero-order valence-corrected chi connectivity index (χ0v) is 11.0. The van der Waals surface area contributed by atoms with Crippen molar-refractivity contribution in [3.05, 3.63) is 41.1 Å². The Bertz CT molecular complexity index is 483. The molecule has 1 amide bonds. The van der Waals surface area contributed by atoms with E-state index in [-0.39, 0.29) is 11.4 Å². The monoisotopic (exact) mass is 267 g/mol. The summed E-state index contributed by atoms with van der Waals surface area (Å²) in [5, 5.41) is 2.97. The minimum atomic E-state index is -0.538. The molecule has 0 saturated heterocycles. The van der Waals surface area contributed by atoms with Crippen molar-refractivity contribution in [3.8, 4) is 0 Å². The van der Waals surface area contributed by atoms with E-state index in [2.05, 4.69) is 5.32 Å². The van der Waals surface area contributed by atoms with Crippen LogP contribution in [0, 0.1) is 0 Å². The molecule has 0 unspecified atom stereocenters. The van der Waals surface area contributed by atoms with Crippen LogP contribution in [0.25, 0.3) is 0 Å². The van der Waals surface area contributed by atoms with Gasteiger partial charge in [0, 0.05) is 0 Å². The van der Waals surface area contributed by atoms with Crippen LogP contribution < -0.4 is 5.32 Å². The van der Waals surface area contributed by atoms with Gasteiger partial charge in [0.1, 0.15) is 5.57 Å². The molecule has 1 rings (SSSR count). The van der Waals surface area contributed by atoms with Crippen LogP contribution in [-0.2, 0) is 14.3 Å². The third kappa shape index (κ3) is 3.89. The van der Waals surface area contributed by atoms with Crippen LogP contribution in [-0.4, -0.2) is 18.3 Å². The number of carbonyl (C=O) groups is 2. The van der Waals surface area contributed by atoms with Crippen molar-refractivity contribution in [2.24, 2.45) is 0 Å². The average molecular weight is 268 g/mol. The van der Waals surface area contributed by atoms with Gasteiger partial charge in [-0.1, -0.05) is 23.7 Å². The highest BCUT2D eigenvalue weighted by atomic mass is 35.5. The predicted octanol–water partition coefficient (Wildman–Crippen LogP) is 2.79. The maximum absolute atomic E-state index is 11.9. The van der Waals surface area contributed by atoms with Crippen LogP contribution in [0.1, 0.15) is 13.8 Å². The Morgan fingerprint density at radius 2 is 2.06 bits per heavy atom. The number of carbonyl (C=O) groups excluding carboxylic acids is 2. The van der Waals surface area contributed by atoms with Crippen LogP contribution >= 0.6 is 11.6 Å². The quantitative estimate of drug-likeness (QED) is 0.386. The number of amides is 1. The van der Waals surface area contributed by atoms with E-state index in [1.165, 1.54) is 6.92 Å².